The zero-order valence-electron chi connectivity index (χ0n) is 16.5. The van der Waals surface area contributed by atoms with E-state index < -0.39 is 0 Å². The molecule has 0 heterocycles. The van der Waals surface area contributed by atoms with Crippen molar-refractivity contribution in [2.45, 2.75) is 26.8 Å². The van der Waals surface area contributed by atoms with Crippen molar-refractivity contribution >= 4 is 5.96 Å². The second-order valence-electron chi connectivity index (χ2n) is 6.18. The molecule has 0 radical (unpaired) electrons. The van der Waals surface area contributed by atoms with Gasteiger partial charge in [0, 0.05) is 13.1 Å². The Balaban J connectivity index is 1.94. The number of hydrogen-bond donors (Lipinski definition) is 3. The highest BCUT2D eigenvalue weighted by Crippen LogP contribution is 2.26. The topological polar surface area (TPSA) is 75.1 Å². The molecular weight excluding hydrogens is 342 g/mol. The molecule has 0 saturated heterocycles. The van der Waals surface area contributed by atoms with Crippen molar-refractivity contribution in [1.82, 2.24) is 10.6 Å². The highest BCUT2D eigenvalue weighted by atomic mass is 16.5. The van der Waals surface area contributed by atoms with Gasteiger partial charge in [-0.25, -0.2) is 4.99 Å². The lowest BCUT2D eigenvalue weighted by atomic mass is 10.1. The van der Waals surface area contributed by atoms with Crippen LogP contribution in [-0.2, 0) is 13.0 Å². The normalized spacial score (nSPS) is 11.2. The Bertz CT molecular complexity index is 775. The van der Waals surface area contributed by atoms with E-state index in [9.17, 15) is 5.11 Å². The maximum atomic E-state index is 9.87. The van der Waals surface area contributed by atoms with Crippen LogP contribution < -0.4 is 20.1 Å². The van der Waals surface area contributed by atoms with Crippen molar-refractivity contribution in [2.24, 2.45) is 4.99 Å². The van der Waals surface area contributed by atoms with E-state index in [0.29, 0.717) is 12.3 Å². The smallest absolute Gasteiger partial charge is 0.191 e. The Labute approximate surface area is 161 Å². The van der Waals surface area contributed by atoms with Crippen molar-refractivity contribution in [3.8, 4) is 17.2 Å². The monoisotopic (exact) mass is 371 g/mol. The number of benzene rings is 2. The highest BCUT2D eigenvalue weighted by Gasteiger charge is 2.04. The zero-order chi connectivity index (χ0) is 19.6. The van der Waals surface area contributed by atoms with Gasteiger partial charge in [-0.15, -0.1) is 0 Å². The Kier molecular flexibility index (Phi) is 7.79. The summed E-state index contributed by atoms with van der Waals surface area (Å²) >= 11 is 0. The predicted molar refractivity (Wildman–Crippen MR) is 109 cm³/mol. The summed E-state index contributed by atoms with van der Waals surface area (Å²) in [5.41, 5.74) is 3.25. The molecule has 0 aliphatic rings. The molecule has 0 fully saturated rings. The minimum atomic E-state index is 0.122. The van der Waals surface area contributed by atoms with E-state index in [1.54, 1.807) is 19.2 Å². The fraction of sp³-hybridized carbons (Fsp3) is 0.381. The third-order valence-electron chi connectivity index (χ3n) is 4.19. The largest absolute Gasteiger partial charge is 0.504 e. The SMILES string of the molecule is CCNC(=NCc1ccc(OC)c(O)c1)NCCc1ccc(C)c(OC)c1. The van der Waals surface area contributed by atoms with Gasteiger partial charge in [0.1, 0.15) is 5.75 Å². The Morgan fingerprint density at radius 3 is 2.41 bits per heavy atom. The number of aromatic hydroxyl groups is 1. The van der Waals surface area contributed by atoms with Gasteiger partial charge in [-0.05, 0) is 55.2 Å². The van der Waals surface area contributed by atoms with Gasteiger partial charge in [0.05, 0.1) is 20.8 Å². The number of rotatable bonds is 8. The molecule has 2 rings (SSSR count). The molecule has 146 valence electrons. The van der Waals surface area contributed by atoms with Crippen LogP contribution in [-0.4, -0.2) is 38.4 Å². The number of hydrogen-bond acceptors (Lipinski definition) is 4. The lowest BCUT2D eigenvalue weighted by molar-refractivity contribution is 0.373. The standard InChI is InChI=1S/C21H29N3O3/c1-5-22-21(24-14-17-8-9-19(26-3)18(25)12-17)23-11-10-16-7-6-15(2)20(13-16)27-4/h6-9,12-13,25H,5,10-11,14H2,1-4H3,(H2,22,23,24). The number of methoxy groups -OCH3 is 2. The van der Waals surface area contributed by atoms with E-state index in [-0.39, 0.29) is 5.75 Å². The summed E-state index contributed by atoms with van der Waals surface area (Å²) in [5.74, 6) is 2.23. The molecule has 6 heteroatoms. The first-order chi connectivity index (χ1) is 13.1. The number of aryl methyl sites for hydroxylation is 1. The minimum absolute atomic E-state index is 0.122. The molecule has 0 spiro atoms. The van der Waals surface area contributed by atoms with Gasteiger partial charge in [-0.3, -0.25) is 0 Å². The molecule has 0 unspecified atom stereocenters. The van der Waals surface area contributed by atoms with Crippen LogP contribution in [0.2, 0.25) is 0 Å². The van der Waals surface area contributed by atoms with Gasteiger partial charge in [0.2, 0.25) is 0 Å². The maximum Gasteiger partial charge on any atom is 0.191 e. The molecule has 0 saturated carbocycles. The number of phenols is 1. The van der Waals surface area contributed by atoms with Gasteiger partial charge < -0.3 is 25.2 Å². The molecule has 2 aromatic carbocycles. The molecule has 0 bridgehead atoms. The summed E-state index contributed by atoms with van der Waals surface area (Å²) in [6.07, 6.45) is 0.865. The predicted octanol–water partition coefficient (Wildman–Crippen LogP) is 3.02. The van der Waals surface area contributed by atoms with E-state index in [0.717, 1.165) is 42.3 Å². The average Bonchev–Trinajstić information content (AvgIpc) is 2.67. The van der Waals surface area contributed by atoms with E-state index in [4.69, 9.17) is 9.47 Å². The van der Waals surface area contributed by atoms with Crippen LogP contribution in [0.4, 0.5) is 0 Å². The van der Waals surface area contributed by atoms with Gasteiger partial charge in [0.25, 0.3) is 0 Å². The Morgan fingerprint density at radius 2 is 1.74 bits per heavy atom. The van der Waals surface area contributed by atoms with E-state index in [1.807, 2.05) is 19.9 Å². The van der Waals surface area contributed by atoms with Crippen molar-refractivity contribution in [2.75, 3.05) is 27.3 Å². The lowest BCUT2D eigenvalue weighted by Crippen LogP contribution is -2.38. The van der Waals surface area contributed by atoms with Gasteiger partial charge in [-0.1, -0.05) is 18.2 Å². The number of phenolic OH excluding ortho intramolecular Hbond substituents is 1. The van der Waals surface area contributed by atoms with Crippen LogP contribution in [0.5, 0.6) is 17.2 Å². The first-order valence-electron chi connectivity index (χ1n) is 9.09. The maximum absolute atomic E-state index is 9.87. The number of nitrogens with one attached hydrogen (secondary N) is 2. The second kappa shape index (κ2) is 10.3. The van der Waals surface area contributed by atoms with Crippen LogP contribution in [0.15, 0.2) is 41.4 Å². The summed E-state index contributed by atoms with van der Waals surface area (Å²) in [5, 5.41) is 16.4. The number of nitrogens with zero attached hydrogens (tertiary/aromatic N) is 1. The van der Waals surface area contributed by atoms with Gasteiger partial charge in [0.15, 0.2) is 17.5 Å². The fourth-order valence-electron chi connectivity index (χ4n) is 2.69. The quantitative estimate of drug-likeness (QED) is 0.491. The molecule has 0 atom stereocenters. The van der Waals surface area contributed by atoms with E-state index in [1.165, 1.54) is 12.7 Å². The molecule has 0 aromatic heterocycles. The van der Waals surface area contributed by atoms with Gasteiger partial charge in [-0.2, -0.15) is 0 Å². The first kappa shape index (κ1) is 20.4. The highest BCUT2D eigenvalue weighted by molar-refractivity contribution is 5.79. The summed E-state index contributed by atoms with van der Waals surface area (Å²) in [6.45, 7) is 6.06. The first-order valence-corrected chi connectivity index (χ1v) is 9.09. The third-order valence-corrected chi connectivity index (χ3v) is 4.19. The number of aliphatic imine (C=N–C) groups is 1. The van der Waals surface area contributed by atoms with Crippen LogP contribution in [0, 0.1) is 6.92 Å². The molecule has 2 aromatic rings. The second-order valence-corrected chi connectivity index (χ2v) is 6.18. The summed E-state index contributed by atoms with van der Waals surface area (Å²) in [4.78, 5) is 4.58. The molecule has 0 aliphatic carbocycles. The van der Waals surface area contributed by atoms with Crippen LogP contribution >= 0.6 is 0 Å². The lowest BCUT2D eigenvalue weighted by Gasteiger charge is -2.12. The zero-order valence-corrected chi connectivity index (χ0v) is 16.5. The average molecular weight is 371 g/mol. The molecule has 0 amide bonds. The van der Waals surface area contributed by atoms with Gasteiger partial charge >= 0.3 is 0 Å². The number of guanidine groups is 1. The molecular formula is C21H29N3O3. The van der Waals surface area contributed by atoms with Crippen molar-refractivity contribution < 1.29 is 14.6 Å². The van der Waals surface area contributed by atoms with Crippen molar-refractivity contribution in [3.05, 3.63) is 53.1 Å². The van der Waals surface area contributed by atoms with E-state index >= 15 is 0 Å². The molecule has 6 nitrogen and oxygen atoms in total. The summed E-state index contributed by atoms with van der Waals surface area (Å²) < 4.78 is 10.4. The summed E-state index contributed by atoms with van der Waals surface area (Å²) in [7, 11) is 3.22. The van der Waals surface area contributed by atoms with Crippen LogP contribution in [0.1, 0.15) is 23.6 Å². The summed E-state index contributed by atoms with van der Waals surface area (Å²) in [6, 6.07) is 11.6. The third kappa shape index (κ3) is 6.09. The number of ether oxygens (including phenoxy) is 2. The fourth-order valence-corrected chi connectivity index (χ4v) is 2.69. The van der Waals surface area contributed by atoms with Crippen LogP contribution in [0.25, 0.3) is 0 Å². The van der Waals surface area contributed by atoms with E-state index in [2.05, 4.69) is 33.8 Å². The van der Waals surface area contributed by atoms with Crippen molar-refractivity contribution in [3.63, 3.8) is 0 Å². The minimum Gasteiger partial charge on any atom is -0.504 e. The molecule has 27 heavy (non-hydrogen) atoms. The molecule has 0 aliphatic heterocycles. The molecule has 3 N–H and O–H groups in total. The Morgan fingerprint density at radius 1 is 1.00 bits per heavy atom. The Hall–Kier alpha value is -2.89. The van der Waals surface area contributed by atoms with Crippen molar-refractivity contribution in [1.29, 1.82) is 0 Å². The van der Waals surface area contributed by atoms with Crippen LogP contribution in [0.3, 0.4) is 0 Å².